The molecule has 6 heteroatoms. The first-order chi connectivity index (χ1) is 10.2. The minimum atomic E-state index is -0.259. The molecule has 1 aliphatic rings. The van der Waals surface area contributed by atoms with E-state index in [1.165, 1.54) is 6.20 Å². The zero-order chi connectivity index (χ0) is 14.8. The third-order valence-electron chi connectivity index (χ3n) is 3.63. The highest BCUT2D eigenvalue weighted by Crippen LogP contribution is 2.35. The largest absolute Gasteiger partial charge is 0.348 e. The fourth-order valence-electron chi connectivity index (χ4n) is 2.63. The Labute approximate surface area is 130 Å². The van der Waals surface area contributed by atoms with Gasteiger partial charge in [0, 0.05) is 6.54 Å². The summed E-state index contributed by atoms with van der Waals surface area (Å²) in [5, 5.41) is 8.77. The van der Waals surface area contributed by atoms with Crippen molar-refractivity contribution in [2.24, 2.45) is 0 Å². The van der Waals surface area contributed by atoms with Crippen LogP contribution in [0.25, 0.3) is 0 Å². The second-order valence-electron chi connectivity index (χ2n) is 4.90. The Hall–Kier alpha value is -2.00. The average molecular weight is 347 g/mol. The molecule has 0 N–H and O–H groups in total. The van der Waals surface area contributed by atoms with Gasteiger partial charge in [0.25, 0.3) is 0 Å². The number of hydrogen-bond donors (Lipinski definition) is 0. The van der Waals surface area contributed by atoms with Crippen LogP contribution in [0.2, 0.25) is 0 Å². The molecule has 106 valence electrons. The molecule has 0 unspecified atom stereocenters. The number of nitriles is 1. The summed E-state index contributed by atoms with van der Waals surface area (Å²) in [5.74, 6) is 0.463. The van der Waals surface area contributed by atoms with E-state index in [0.29, 0.717) is 10.2 Å². The summed E-state index contributed by atoms with van der Waals surface area (Å²) in [4.78, 5) is 10.4. The number of nitrogens with zero attached hydrogens (tertiary/aromatic N) is 4. The number of rotatable bonds is 2. The summed E-state index contributed by atoms with van der Waals surface area (Å²) in [5.41, 5.74) is 1.23. The molecule has 0 bridgehead atoms. The molecule has 0 aliphatic carbocycles. The highest BCUT2D eigenvalue weighted by atomic mass is 79.9. The van der Waals surface area contributed by atoms with Crippen molar-refractivity contribution >= 4 is 21.7 Å². The monoisotopic (exact) mass is 346 g/mol. The van der Waals surface area contributed by atoms with Crippen LogP contribution >= 0.6 is 15.9 Å². The van der Waals surface area contributed by atoms with Gasteiger partial charge < -0.3 is 4.90 Å². The predicted octanol–water partition coefficient (Wildman–Crippen LogP) is 3.59. The number of halogens is 2. The summed E-state index contributed by atoms with van der Waals surface area (Å²) in [7, 11) is 0. The highest BCUT2D eigenvalue weighted by Gasteiger charge is 2.27. The van der Waals surface area contributed by atoms with Gasteiger partial charge in [-0.2, -0.15) is 5.26 Å². The Morgan fingerprint density at radius 2 is 2.19 bits per heavy atom. The van der Waals surface area contributed by atoms with Gasteiger partial charge in [-0.15, -0.1) is 0 Å². The fourth-order valence-corrected chi connectivity index (χ4v) is 2.88. The van der Waals surface area contributed by atoms with E-state index in [1.807, 2.05) is 12.1 Å². The second-order valence-corrected chi connectivity index (χ2v) is 5.75. The Bertz CT molecular complexity index is 696. The summed E-state index contributed by atoms with van der Waals surface area (Å²) in [6.45, 7) is 0.850. The van der Waals surface area contributed by atoms with E-state index in [4.69, 9.17) is 5.26 Å². The van der Waals surface area contributed by atoms with Crippen LogP contribution in [-0.4, -0.2) is 16.5 Å². The van der Waals surface area contributed by atoms with Crippen LogP contribution in [0, 0.1) is 17.1 Å². The lowest BCUT2D eigenvalue weighted by molar-refractivity contribution is 0.611. The number of benzene rings is 1. The number of hydrogen-bond acceptors (Lipinski definition) is 4. The highest BCUT2D eigenvalue weighted by molar-refractivity contribution is 9.10. The Morgan fingerprint density at radius 3 is 2.86 bits per heavy atom. The van der Waals surface area contributed by atoms with E-state index >= 15 is 0 Å². The molecule has 2 heterocycles. The van der Waals surface area contributed by atoms with E-state index < -0.39 is 0 Å². The average Bonchev–Trinajstić information content (AvgIpc) is 2.99. The first kappa shape index (κ1) is 14.0. The van der Waals surface area contributed by atoms with Gasteiger partial charge >= 0.3 is 0 Å². The summed E-state index contributed by atoms with van der Waals surface area (Å²) < 4.78 is 14.2. The molecule has 1 aromatic carbocycles. The smallest absolute Gasteiger partial charge is 0.158 e. The molecule has 2 aromatic rings. The summed E-state index contributed by atoms with van der Waals surface area (Å²) >= 11 is 3.17. The van der Waals surface area contributed by atoms with Gasteiger partial charge in [-0.1, -0.05) is 6.07 Å². The van der Waals surface area contributed by atoms with Crippen molar-refractivity contribution < 1.29 is 4.39 Å². The van der Waals surface area contributed by atoms with Crippen LogP contribution in [0.5, 0.6) is 0 Å². The zero-order valence-corrected chi connectivity index (χ0v) is 12.7. The van der Waals surface area contributed by atoms with E-state index in [-0.39, 0.29) is 11.9 Å². The van der Waals surface area contributed by atoms with Crippen molar-refractivity contribution in [3.8, 4) is 6.07 Å². The van der Waals surface area contributed by atoms with Crippen molar-refractivity contribution in [1.82, 2.24) is 9.97 Å². The first-order valence-corrected chi connectivity index (χ1v) is 7.42. The van der Waals surface area contributed by atoms with Crippen LogP contribution in [-0.2, 0) is 0 Å². The van der Waals surface area contributed by atoms with Crippen LogP contribution in [0.15, 0.2) is 35.1 Å². The molecule has 21 heavy (non-hydrogen) atoms. The molecule has 1 aromatic heterocycles. The number of aromatic nitrogens is 2. The lowest BCUT2D eigenvalue weighted by atomic mass is 10.0. The number of anilines is 1. The minimum absolute atomic E-state index is 0.0924. The van der Waals surface area contributed by atoms with Gasteiger partial charge in [-0.3, -0.25) is 0 Å². The van der Waals surface area contributed by atoms with Crippen molar-refractivity contribution in [3.63, 3.8) is 0 Å². The van der Waals surface area contributed by atoms with Crippen LogP contribution in [0.4, 0.5) is 10.2 Å². The molecule has 1 atom stereocenters. The molecule has 1 saturated heterocycles. The van der Waals surface area contributed by atoms with Crippen LogP contribution in [0.3, 0.4) is 0 Å². The van der Waals surface area contributed by atoms with Crippen molar-refractivity contribution in [2.75, 3.05) is 11.4 Å². The van der Waals surface area contributed by atoms with Crippen LogP contribution in [0.1, 0.15) is 30.1 Å². The summed E-state index contributed by atoms with van der Waals surface area (Å²) in [6, 6.07) is 7.26. The standard InChI is InChI=1S/C15H12BrFN4/c16-12-4-3-10(6-13(12)17)14-2-1-5-21(14)15-9-19-11(7-18)8-20-15/h3-4,6,8-9,14H,1-2,5H2/t14-/m1/s1. The molecule has 1 fully saturated rings. The molecule has 1 aliphatic heterocycles. The van der Waals surface area contributed by atoms with Gasteiger partial charge in [-0.25, -0.2) is 14.4 Å². The maximum absolute atomic E-state index is 13.7. The third kappa shape index (κ3) is 2.74. The van der Waals surface area contributed by atoms with Crippen molar-refractivity contribution in [1.29, 1.82) is 5.26 Å². The molecule has 0 saturated carbocycles. The molecule has 0 spiro atoms. The lowest BCUT2D eigenvalue weighted by Gasteiger charge is -2.25. The van der Waals surface area contributed by atoms with Gasteiger partial charge in [0.15, 0.2) is 5.69 Å². The van der Waals surface area contributed by atoms with Gasteiger partial charge in [0.05, 0.1) is 22.9 Å². The van der Waals surface area contributed by atoms with Crippen LogP contribution < -0.4 is 4.90 Å². The maximum atomic E-state index is 13.7. The lowest BCUT2D eigenvalue weighted by Crippen LogP contribution is -2.23. The van der Waals surface area contributed by atoms with E-state index in [2.05, 4.69) is 30.8 Å². The van der Waals surface area contributed by atoms with E-state index in [9.17, 15) is 4.39 Å². The molecule has 0 radical (unpaired) electrons. The topological polar surface area (TPSA) is 52.8 Å². The van der Waals surface area contributed by atoms with Gasteiger partial charge in [-0.05, 0) is 46.5 Å². The normalized spacial score (nSPS) is 17.8. The van der Waals surface area contributed by atoms with Gasteiger partial charge in [0.2, 0.25) is 0 Å². The zero-order valence-electron chi connectivity index (χ0n) is 11.1. The molecule has 4 nitrogen and oxygen atoms in total. The van der Waals surface area contributed by atoms with Crippen molar-refractivity contribution in [3.05, 3.63) is 52.1 Å². The third-order valence-corrected chi connectivity index (χ3v) is 4.27. The maximum Gasteiger partial charge on any atom is 0.158 e. The molecule has 3 rings (SSSR count). The Kier molecular flexibility index (Phi) is 3.84. The second kappa shape index (κ2) is 5.78. The van der Waals surface area contributed by atoms with Crippen molar-refractivity contribution in [2.45, 2.75) is 18.9 Å². The van der Waals surface area contributed by atoms with Gasteiger partial charge in [0.1, 0.15) is 17.7 Å². The Morgan fingerprint density at radius 1 is 1.33 bits per heavy atom. The first-order valence-electron chi connectivity index (χ1n) is 6.63. The van der Waals surface area contributed by atoms with E-state index in [0.717, 1.165) is 30.8 Å². The van der Waals surface area contributed by atoms with E-state index in [1.54, 1.807) is 18.3 Å². The fraction of sp³-hybridized carbons (Fsp3) is 0.267. The molecular weight excluding hydrogens is 335 g/mol. The predicted molar refractivity (Wildman–Crippen MR) is 80.2 cm³/mol. The molecule has 0 amide bonds. The summed E-state index contributed by atoms with van der Waals surface area (Å²) in [6.07, 6.45) is 5.03. The quantitative estimate of drug-likeness (QED) is 0.833. The minimum Gasteiger partial charge on any atom is -0.348 e. The Balaban J connectivity index is 1.91. The molecular formula is C15H12BrFN4. The SMILES string of the molecule is N#Cc1cnc(N2CCC[C@@H]2c2ccc(Br)c(F)c2)cn1.